The second kappa shape index (κ2) is 13.2. The van der Waals surface area contributed by atoms with Crippen LogP contribution in [0.2, 0.25) is 0 Å². The largest absolute Gasteiger partial charge is 0.369 e. The van der Waals surface area contributed by atoms with Gasteiger partial charge in [-0.3, -0.25) is 14.4 Å². The standard InChI is InChI=1S/C24H37N3O5/c1-17(2)15-19(23(25)29)16-21(28)27(32-22-11-7-8-14-31-22)20(24(30)26-3)13-12-18-9-5-4-6-10-18/h4-6,9-10,17,19-20,22H,7-8,11-16H2,1-3H3,(H2,25,29)(H,26,30)/t19-,20-,22?/m0/s1. The van der Waals surface area contributed by atoms with E-state index >= 15 is 0 Å². The lowest BCUT2D eigenvalue weighted by atomic mass is 9.93. The Hall–Kier alpha value is -2.45. The molecule has 1 aliphatic rings. The molecule has 1 aromatic rings. The van der Waals surface area contributed by atoms with Crippen molar-refractivity contribution in [3.05, 3.63) is 35.9 Å². The smallest absolute Gasteiger partial charge is 0.247 e. The highest BCUT2D eigenvalue weighted by Crippen LogP contribution is 2.23. The number of rotatable bonds is 12. The lowest BCUT2D eigenvalue weighted by molar-refractivity contribution is -0.289. The minimum atomic E-state index is -0.856. The number of ether oxygens (including phenoxy) is 1. The summed E-state index contributed by atoms with van der Waals surface area (Å²) in [5, 5.41) is 3.77. The molecule has 8 heteroatoms. The number of nitrogens with zero attached hydrogens (tertiary/aromatic N) is 1. The molecule has 1 saturated heterocycles. The van der Waals surface area contributed by atoms with Crippen molar-refractivity contribution in [1.29, 1.82) is 0 Å². The summed E-state index contributed by atoms with van der Waals surface area (Å²) in [5.41, 5.74) is 6.61. The maximum absolute atomic E-state index is 13.3. The maximum Gasteiger partial charge on any atom is 0.247 e. The van der Waals surface area contributed by atoms with Crippen molar-refractivity contribution in [1.82, 2.24) is 10.4 Å². The summed E-state index contributed by atoms with van der Waals surface area (Å²) in [4.78, 5) is 44.1. The van der Waals surface area contributed by atoms with Gasteiger partial charge in [-0.2, -0.15) is 0 Å². The maximum atomic E-state index is 13.3. The second-order valence-corrected chi connectivity index (χ2v) is 8.71. The normalized spacial score (nSPS) is 18.1. The van der Waals surface area contributed by atoms with Crippen LogP contribution in [0.5, 0.6) is 0 Å². The summed E-state index contributed by atoms with van der Waals surface area (Å²) < 4.78 is 5.66. The van der Waals surface area contributed by atoms with E-state index in [1.807, 2.05) is 44.2 Å². The van der Waals surface area contributed by atoms with Crippen LogP contribution in [0.4, 0.5) is 0 Å². The number of aryl methyl sites for hydroxylation is 1. The zero-order valence-corrected chi connectivity index (χ0v) is 19.4. The molecule has 0 radical (unpaired) electrons. The monoisotopic (exact) mass is 447 g/mol. The molecule has 0 aromatic heterocycles. The molecule has 32 heavy (non-hydrogen) atoms. The number of hydrogen-bond acceptors (Lipinski definition) is 5. The van der Waals surface area contributed by atoms with Crippen molar-refractivity contribution in [3.63, 3.8) is 0 Å². The highest BCUT2D eigenvalue weighted by molar-refractivity contribution is 5.89. The number of nitrogens with two attached hydrogens (primary N) is 1. The predicted octanol–water partition coefficient (Wildman–Crippen LogP) is 2.56. The number of primary amides is 1. The van der Waals surface area contributed by atoms with E-state index in [1.165, 1.54) is 7.05 Å². The predicted molar refractivity (Wildman–Crippen MR) is 121 cm³/mol. The van der Waals surface area contributed by atoms with Crippen molar-refractivity contribution < 1.29 is 24.0 Å². The van der Waals surface area contributed by atoms with E-state index in [4.69, 9.17) is 15.3 Å². The minimum absolute atomic E-state index is 0.112. The Morgan fingerprint density at radius 1 is 1.22 bits per heavy atom. The van der Waals surface area contributed by atoms with Crippen LogP contribution in [-0.2, 0) is 30.4 Å². The summed E-state index contributed by atoms with van der Waals surface area (Å²) in [6.07, 6.45) is 3.21. The molecule has 1 unspecified atom stereocenters. The van der Waals surface area contributed by atoms with Gasteiger partial charge in [-0.1, -0.05) is 44.2 Å². The fraction of sp³-hybridized carbons (Fsp3) is 0.625. The van der Waals surface area contributed by atoms with Crippen LogP contribution in [-0.4, -0.2) is 48.8 Å². The number of hydrogen-bond donors (Lipinski definition) is 2. The summed E-state index contributed by atoms with van der Waals surface area (Å²) in [7, 11) is 1.53. The molecule has 1 aromatic carbocycles. The molecule has 0 bridgehead atoms. The first-order valence-corrected chi connectivity index (χ1v) is 11.5. The molecule has 0 aliphatic carbocycles. The van der Waals surface area contributed by atoms with Crippen molar-refractivity contribution in [2.45, 2.75) is 71.1 Å². The molecule has 2 rings (SSSR count). The van der Waals surface area contributed by atoms with Crippen LogP contribution in [0, 0.1) is 11.8 Å². The van der Waals surface area contributed by atoms with Crippen molar-refractivity contribution in [2.75, 3.05) is 13.7 Å². The Balaban J connectivity index is 2.24. The highest BCUT2D eigenvalue weighted by atomic mass is 16.8. The number of benzene rings is 1. The number of nitrogens with one attached hydrogen (secondary N) is 1. The number of carbonyl (C=O) groups excluding carboxylic acids is 3. The molecular formula is C24H37N3O5. The molecule has 3 atom stereocenters. The van der Waals surface area contributed by atoms with E-state index in [-0.39, 0.29) is 18.2 Å². The van der Waals surface area contributed by atoms with E-state index in [0.29, 0.717) is 32.3 Å². The third kappa shape index (κ3) is 8.24. The van der Waals surface area contributed by atoms with Crippen LogP contribution >= 0.6 is 0 Å². The van der Waals surface area contributed by atoms with Gasteiger partial charge in [0.1, 0.15) is 6.04 Å². The van der Waals surface area contributed by atoms with Crippen LogP contribution in [0.3, 0.4) is 0 Å². The molecule has 3 amide bonds. The first-order chi connectivity index (χ1) is 15.3. The van der Waals surface area contributed by atoms with Gasteiger partial charge in [0.05, 0.1) is 0 Å². The van der Waals surface area contributed by atoms with Gasteiger partial charge in [-0.15, -0.1) is 0 Å². The Morgan fingerprint density at radius 3 is 2.50 bits per heavy atom. The summed E-state index contributed by atoms with van der Waals surface area (Å²) >= 11 is 0. The first-order valence-electron chi connectivity index (χ1n) is 11.5. The minimum Gasteiger partial charge on any atom is -0.369 e. The zero-order chi connectivity index (χ0) is 23.5. The van der Waals surface area contributed by atoms with Gasteiger partial charge in [-0.25, -0.2) is 9.90 Å². The van der Waals surface area contributed by atoms with Crippen LogP contribution in [0.1, 0.15) is 57.9 Å². The average molecular weight is 448 g/mol. The van der Waals surface area contributed by atoms with Gasteiger partial charge in [0.15, 0.2) is 6.29 Å². The lowest BCUT2D eigenvalue weighted by Gasteiger charge is -2.34. The topological polar surface area (TPSA) is 111 Å². The van der Waals surface area contributed by atoms with Crippen molar-refractivity contribution in [2.24, 2.45) is 17.6 Å². The average Bonchev–Trinajstić information content (AvgIpc) is 2.78. The molecular weight excluding hydrogens is 410 g/mol. The molecule has 1 heterocycles. The summed E-state index contributed by atoms with van der Waals surface area (Å²) in [6, 6.07) is 8.89. The molecule has 1 aliphatic heterocycles. The van der Waals surface area contributed by atoms with E-state index in [0.717, 1.165) is 23.5 Å². The van der Waals surface area contributed by atoms with Gasteiger partial charge in [-0.05, 0) is 43.6 Å². The number of carbonyl (C=O) groups is 3. The van der Waals surface area contributed by atoms with E-state index in [1.54, 1.807) is 0 Å². The van der Waals surface area contributed by atoms with Gasteiger partial charge in [0.2, 0.25) is 17.7 Å². The van der Waals surface area contributed by atoms with E-state index in [9.17, 15) is 14.4 Å². The van der Waals surface area contributed by atoms with Gasteiger partial charge in [0, 0.05) is 32.4 Å². The fourth-order valence-electron chi connectivity index (χ4n) is 3.87. The van der Waals surface area contributed by atoms with Crippen LogP contribution in [0.25, 0.3) is 0 Å². The Kier molecular flexibility index (Phi) is 10.6. The molecule has 0 spiro atoms. The van der Waals surface area contributed by atoms with E-state index in [2.05, 4.69) is 5.32 Å². The number of amides is 3. The van der Waals surface area contributed by atoms with Gasteiger partial charge >= 0.3 is 0 Å². The third-order valence-corrected chi connectivity index (χ3v) is 5.58. The first kappa shape index (κ1) is 25.8. The second-order valence-electron chi connectivity index (χ2n) is 8.71. The Bertz CT molecular complexity index is 734. The number of hydroxylamine groups is 2. The molecule has 178 valence electrons. The molecule has 3 N–H and O–H groups in total. The molecule has 8 nitrogen and oxygen atoms in total. The Morgan fingerprint density at radius 2 is 1.94 bits per heavy atom. The van der Waals surface area contributed by atoms with E-state index < -0.39 is 30.1 Å². The quantitative estimate of drug-likeness (QED) is 0.479. The molecule has 0 saturated carbocycles. The fourth-order valence-corrected chi connectivity index (χ4v) is 3.87. The van der Waals surface area contributed by atoms with Gasteiger partial charge in [0.25, 0.3) is 0 Å². The summed E-state index contributed by atoms with van der Waals surface area (Å²) in [5.74, 6) is -1.72. The molecule has 1 fully saturated rings. The number of likely N-dealkylation sites (N-methyl/N-ethyl adjacent to an activating group) is 1. The lowest BCUT2D eigenvalue weighted by Crippen LogP contribution is -2.51. The Labute approximate surface area is 190 Å². The third-order valence-electron chi connectivity index (χ3n) is 5.58. The van der Waals surface area contributed by atoms with Gasteiger partial charge < -0.3 is 15.8 Å². The summed E-state index contributed by atoms with van der Waals surface area (Å²) in [6.45, 7) is 4.48. The van der Waals surface area contributed by atoms with Crippen LogP contribution < -0.4 is 11.1 Å². The van der Waals surface area contributed by atoms with Crippen LogP contribution in [0.15, 0.2) is 30.3 Å². The SMILES string of the molecule is CNC(=O)[C@H](CCc1ccccc1)N(OC1CCCCO1)C(=O)C[C@H](CC(C)C)C(N)=O. The van der Waals surface area contributed by atoms with Crippen molar-refractivity contribution in [3.8, 4) is 0 Å². The zero-order valence-electron chi connectivity index (χ0n) is 19.4. The van der Waals surface area contributed by atoms with Crippen molar-refractivity contribution >= 4 is 17.7 Å². The highest BCUT2D eigenvalue weighted by Gasteiger charge is 2.35.